The molecule has 1 atom stereocenters. The molecule has 0 bridgehead atoms. The molecule has 0 aromatic heterocycles. The molecule has 1 saturated carbocycles. The molecule has 1 aliphatic rings. The van der Waals surface area contributed by atoms with Gasteiger partial charge in [-0.2, -0.15) is 0 Å². The molecule has 1 aromatic carbocycles. The molecular formula is C19H26O. The summed E-state index contributed by atoms with van der Waals surface area (Å²) in [5.74, 6) is 0.481. The Bertz CT molecular complexity index is 500. The molecule has 0 amide bonds. The number of carbonyl (C=O) groups is 1. The van der Waals surface area contributed by atoms with Crippen LogP contribution < -0.4 is 0 Å². The van der Waals surface area contributed by atoms with Crippen LogP contribution in [0, 0.1) is 5.92 Å². The molecule has 108 valence electrons. The molecule has 0 saturated heterocycles. The highest BCUT2D eigenvalue weighted by Gasteiger charge is 2.23. The van der Waals surface area contributed by atoms with Gasteiger partial charge in [-0.05, 0) is 54.2 Å². The maximum Gasteiger partial charge on any atom is 0.120 e. The van der Waals surface area contributed by atoms with Gasteiger partial charge in [0.05, 0.1) is 0 Å². The zero-order valence-corrected chi connectivity index (χ0v) is 13.2. The lowest BCUT2D eigenvalue weighted by Gasteiger charge is -2.20. The minimum absolute atomic E-state index is 0.201. The van der Waals surface area contributed by atoms with E-state index in [4.69, 9.17) is 0 Å². The van der Waals surface area contributed by atoms with E-state index in [1.807, 2.05) is 0 Å². The van der Waals surface area contributed by atoms with Crippen LogP contribution >= 0.6 is 0 Å². The first kappa shape index (κ1) is 15.0. The van der Waals surface area contributed by atoms with Crippen LogP contribution in [0.5, 0.6) is 0 Å². The van der Waals surface area contributed by atoms with Crippen molar-refractivity contribution in [1.29, 1.82) is 0 Å². The third-order valence-electron chi connectivity index (χ3n) is 4.54. The largest absolute Gasteiger partial charge is 0.303 e. The molecule has 0 radical (unpaired) electrons. The van der Waals surface area contributed by atoms with Gasteiger partial charge in [-0.1, -0.05) is 50.6 Å². The summed E-state index contributed by atoms with van der Waals surface area (Å²) in [6, 6.07) is 8.95. The van der Waals surface area contributed by atoms with E-state index < -0.39 is 0 Å². The third kappa shape index (κ3) is 3.20. The Kier molecular flexibility index (Phi) is 4.47. The van der Waals surface area contributed by atoms with E-state index in [0.29, 0.717) is 12.3 Å². The average Bonchev–Trinajstić information content (AvgIpc) is 2.86. The van der Waals surface area contributed by atoms with Crippen LogP contribution in [0.15, 0.2) is 29.8 Å². The topological polar surface area (TPSA) is 17.1 Å². The van der Waals surface area contributed by atoms with Crippen molar-refractivity contribution in [3.63, 3.8) is 0 Å². The fraction of sp³-hybridized carbons (Fsp3) is 0.526. The molecule has 0 aliphatic heterocycles. The van der Waals surface area contributed by atoms with Crippen molar-refractivity contribution in [3.05, 3.63) is 41.0 Å². The molecule has 1 heteroatoms. The molecule has 2 rings (SSSR count). The second kappa shape index (κ2) is 5.95. The number of hydrogen-bond acceptors (Lipinski definition) is 1. The summed E-state index contributed by atoms with van der Waals surface area (Å²) in [6.07, 6.45) is 5.32. The fourth-order valence-electron chi connectivity index (χ4n) is 3.19. The van der Waals surface area contributed by atoms with Gasteiger partial charge in [0, 0.05) is 6.42 Å². The fourth-order valence-corrected chi connectivity index (χ4v) is 3.19. The summed E-state index contributed by atoms with van der Waals surface area (Å²) in [7, 11) is 0. The van der Waals surface area contributed by atoms with Gasteiger partial charge in [-0.3, -0.25) is 0 Å². The summed E-state index contributed by atoms with van der Waals surface area (Å²) in [5, 5.41) is 0. The van der Waals surface area contributed by atoms with Crippen LogP contribution in [0.1, 0.15) is 64.5 Å². The number of allylic oxidation sites excluding steroid dienone is 2. The van der Waals surface area contributed by atoms with Crippen molar-refractivity contribution in [2.75, 3.05) is 0 Å². The summed E-state index contributed by atoms with van der Waals surface area (Å²) < 4.78 is 0. The standard InChI is InChI=1S/C19H26O/c1-14(18-7-5-6-16(18)12-13-20)15-8-10-17(11-9-15)19(2,3)4/h8-11,13,16H,5-7,12H2,1-4H3/b18-14-. The smallest absolute Gasteiger partial charge is 0.120 e. The molecule has 1 fully saturated rings. The second-order valence-corrected chi connectivity index (χ2v) is 6.97. The Balaban J connectivity index is 2.28. The summed E-state index contributed by atoms with van der Waals surface area (Å²) >= 11 is 0. The highest BCUT2D eigenvalue weighted by Crippen LogP contribution is 2.38. The van der Waals surface area contributed by atoms with Crippen molar-refractivity contribution >= 4 is 11.9 Å². The van der Waals surface area contributed by atoms with Gasteiger partial charge in [-0.25, -0.2) is 0 Å². The van der Waals surface area contributed by atoms with Gasteiger partial charge in [-0.15, -0.1) is 0 Å². The van der Waals surface area contributed by atoms with Gasteiger partial charge in [0.15, 0.2) is 0 Å². The van der Waals surface area contributed by atoms with Crippen molar-refractivity contribution in [1.82, 2.24) is 0 Å². The average molecular weight is 270 g/mol. The van der Waals surface area contributed by atoms with E-state index in [2.05, 4.69) is 52.0 Å². The van der Waals surface area contributed by atoms with Crippen molar-refractivity contribution in [2.24, 2.45) is 5.92 Å². The van der Waals surface area contributed by atoms with E-state index in [0.717, 1.165) is 12.7 Å². The number of aldehydes is 1. The normalized spacial score (nSPS) is 21.9. The number of benzene rings is 1. The van der Waals surface area contributed by atoms with Crippen LogP contribution in [0.25, 0.3) is 5.57 Å². The Hall–Kier alpha value is -1.37. The first-order valence-electron chi connectivity index (χ1n) is 7.67. The van der Waals surface area contributed by atoms with Crippen LogP contribution in [0.3, 0.4) is 0 Å². The van der Waals surface area contributed by atoms with Gasteiger partial charge < -0.3 is 4.79 Å². The van der Waals surface area contributed by atoms with Crippen LogP contribution in [-0.4, -0.2) is 6.29 Å². The predicted molar refractivity (Wildman–Crippen MR) is 85.8 cm³/mol. The molecule has 0 heterocycles. The lowest BCUT2D eigenvalue weighted by atomic mass is 9.85. The van der Waals surface area contributed by atoms with Crippen LogP contribution in [0.2, 0.25) is 0 Å². The Labute approximate surface area is 123 Å². The molecule has 1 nitrogen and oxygen atoms in total. The molecule has 0 spiro atoms. The van der Waals surface area contributed by atoms with Crippen molar-refractivity contribution in [3.8, 4) is 0 Å². The van der Waals surface area contributed by atoms with Gasteiger partial charge in [0.25, 0.3) is 0 Å². The zero-order chi connectivity index (χ0) is 14.8. The minimum atomic E-state index is 0.201. The molecule has 1 aliphatic carbocycles. The van der Waals surface area contributed by atoms with Gasteiger partial charge in [0.1, 0.15) is 6.29 Å². The first-order valence-corrected chi connectivity index (χ1v) is 7.67. The second-order valence-electron chi connectivity index (χ2n) is 6.97. The molecule has 1 unspecified atom stereocenters. The molecule has 1 aromatic rings. The highest BCUT2D eigenvalue weighted by molar-refractivity contribution is 5.69. The van der Waals surface area contributed by atoms with E-state index in [1.54, 1.807) is 0 Å². The molecule has 0 N–H and O–H groups in total. The first-order chi connectivity index (χ1) is 9.43. The minimum Gasteiger partial charge on any atom is -0.303 e. The maximum absolute atomic E-state index is 10.8. The molecule has 20 heavy (non-hydrogen) atoms. The zero-order valence-electron chi connectivity index (χ0n) is 13.2. The quantitative estimate of drug-likeness (QED) is 0.694. The van der Waals surface area contributed by atoms with E-state index >= 15 is 0 Å². The number of hydrogen-bond donors (Lipinski definition) is 0. The van der Waals surface area contributed by atoms with E-state index in [1.165, 1.54) is 35.1 Å². The number of carbonyl (C=O) groups excluding carboxylic acids is 1. The highest BCUT2D eigenvalue weighted by atomic mass is 16.1. The predicted octanol–water partition coefficient (Wildman–Crippen LogP) is 5.15. The van der Waals surface area contributed by atoms with E-state index in [-0.39, 0.29) is 5.41 Å². The van der Waals surface area contributed by atoms with Gasteiger partial charge in [0.2, 0.25) is 0 Å². The summed E-state index contributed by atoms with van der Waals surface area (Å²) in [5.41, 5.74) is 5.77. The van der Waals surface area contributed by atoms with Gasteiger partial charge >= 0.3 is 0 Å². The Morgan fingerprint density at radius 2 is 1.90 bits per heavy atom. The third-order valence-corrected chi connectivity index (χ3v) is 4.54. The summed E-state index contributed by atoms with van der Waals surface area (Å²) in [4.78, 5) is 10.8. The summed E-state index contributed by atoms with van der Waals surface area (Å²) in [6.45, 7) is 8.93. The lowest BCUT2D eigenvalue weighted by Crippen LogP contribution is -2.10. The van der Waals surface area contributed by atoms with Crippen LogP contribution in [0.4, 0.5) is 0 Å². The SMILES string of the molecule is C/C(=C1\CCCC1CC=O)c1ccc(C(C)(C)C)cc1. The maximum atomic E-state index is 10.8. The Morgan fingerprint density at radius 3 is 2.45 bits per heavy atom. The van der Waals surface area contributed by atoms with E-state index in [9.17, 15) is 4.79 Å². The Morgan fingerprint density at radius 1 is 1.25 bits per heavy atom. The monoisotopic (exact) mass is 270 g/mol. The molecular weight excluding hydrogens is 244 g/mol. The van der Waals surface area contributed by atoms with Crippen molar-refractivity contribution < 1.29 is 4.79 Å². The van der Waals surface area contributed by atoms with Crippen molar-refractivity contribution in [2.45, 2.75) is 58.8 Å². The number of rotatable bonds is 3. The lowest BCUT2D eigenvalue weighted by molar-refractivity contribution is -0.108. The van der Waals surface area contributed by atoms with Crippen LogP contribution in [-0.2, 0) is 10.2 Å².